The molecule has 8 heteroatoms. The molecule has 4 rings (SSSR count). The third-order valence-electron chi connectivity index (χ3n) is 3.73. The van der Waals surface area contributed by atoms with E-state index < -0.39 is 0 Å². The number of amides is 1. The average molecular weight is 382 g/mol. The minimum atomic E-state index is -0.347. The molecule has 0 radical (unpaired) electrons. The molecule has 0 aliphatic carbocycles. The summed E-state index contributed by atoms with van der Waals surface area (Å²) < 4.78 is 0. The van der Waals surface area contributed by atoms with Crippen LogP contribution in [0.5, 0.6) is 0 Å². The van der Waals surface area contributed by atoms with Crippen LogP contribution in [0.4, 0.5) is 11.4 Å². The highest BCUT2D eigenvalue weighted by molar-refractivity contribution is 7.21. The van der Waals surface area contributed by atoms with E-state index in [1.165, 1.54) is 11.3 Å². The summed E-state index contributed by atoms with van der Waals surface area (Å²) in [6.45, 7) is 0. The first-order chi connectivity index (χ1) is 12.6. The van der Waals surface area contributed by atoms with Crippen molar-refractivity contribution in [2.75, 3.05) is 11.1 Å². The number of nitrogens with zero attached hydrogens (tertiary/aromatic N) is 3. The monoisotopic (exact) mass is 381 g/mol. The molecule has 26 heavy (non-hydrogen) atoms. The van der Waals surface area contributed by atoms with Gasteiger partial charge in [-0.15, -0.1) is 11.3 Å². The maximum absolute atomic E-state index is 12.6. The van der Waals surface area contributed by atoms with Crippen molar-refractivity contribution in [2.45, 2.75) is 0 Å². The Hall–Kier alpha value is -3.03. The Morgan fingerprint density at radius 2 is 1.88 bits per heavy atom. The van der Waals surface area contributed by atoms with Gasteiger partial charge in [-0.3, -0.25) is 9.78 Å². The number of hydrogen-bond acceptors (Lipinski definition) is 6. The molecule has 3 N–H and O–H groups in total. The Morgan fingerprint density at radius 3 is 2.65 bits per heavy atom. The summed E-state index contributed by atoms with van der Waals surface area (Å²) in [6.07, 6.45) is 3.26. The number of halogens is 1. The van der Waals surface area contributed by atoms with Crippen LogP contribution in [0.15, 0.2) is 54.9 Å². The number of fused-ring (bicyclic) bond motifs is 1. The lowest BCUT2D eigenvalue weighted by atomic mass is 10.2. The molecule has 128 valence electrons. The molecule has 0 bridgehead atoms. The van der Waals surface area contributed by atoms with Crippen LogP contribution in [0.3, 0.4) is 0 Å². The van der Waals surface area contributed by atoms with Crippen LogP contribution < -0.4 is 11.1 Å². The third kappa shape index (κ3) is 2.98. The van der Waals surface area contributed by atoms with E-state index in [1.54, 1.807) is 24.5 Å². The van der Waals surface area contributed by atoms with Crippen molar-refractivity contribution in [1.29, 1.82) is 0 Å². The fourth-order valence-corrected chi connectivity index (χ4v) is 3.64. The van der Waals surface area contributed by atoms with Gasteiger partial charge in [-0.1, -0.05) is 17.7 Å². The summed E-state index contributed by atoms with van der Waals surface area (Å²) in [7, 11) is 0. The number of aromatic nitrogens is 3. The van der Waals surface area contributed by atoms with E-state index >= 15 is 0 Å². The van der Waals surface area contributed by atoms with Crippen LogP contribution in [-0.4, -0.2) is 20.9 Å². The molecular formula is C18H12ClN5OS. The SMILES string of the molecule is Nc1c(C(=O)Nc2cccnc2Cl)sc2nc(-c3ccccn3)ccc12. The van der Waals surface area contributed by atoms with Gasteiger partial charge in [0.2, 0.25) is 0 Å². The zero-order chi connectivity index (χ0) is 18.1. The van der Waals surface area contributed by atoms with Gasteiger partial charge in [0.05, 0.1) is 22.8 Å². The Morgan fingerprint density at radius 1 is 1.04 bits per heavy atom. The molecule has 0 aromatic carbocycles. The van der Waals surface area contributed by atoms with Gasteiger partial charge in [0.15, 0.2) is 5.15 Å². The first kappa shape index (κ1) is 16.4. The molecule has 0 spiro atoms. The van der Waals surface area contributed by atoms with E-state index in [0.29, 0.717) is 21.1 Å². The second-order valence-electron chi connectivity index (χ2n) is 5.40. The molecule has 0 saturated carbocycles. The Labute approximate surface area is 157 Å². The summed E-state index contributed by atoms with van der Waals surface area (Å²) >= 11 is 7.22. The number of carbonyl (C=O) groups excluding carboxylic acids is 1. The first-order valence-electron chi connectivity index (χ1n) is 7.66. The van der Waals surface area contributed by atoms with E-state index in [-0.39, 0.29) is 11.1 Å². The molecule has 0 aliphatic heterocycles. The van der Waals surface area contributed by atoms with Gasteiger partial charge in [0.25, 0.3) is 5.91 Å². The van der Waals surface area contributed by atoms with Crippen LogP contribution in [0.1, 0.15) is 9.67 Å². The zero-order valence-electron chi connectivity index (χ0n) is 13.3. The van der Waals surface area contributed by atoms with Crippen LogP contribution in [0, 0.1) is 0 Å². The van der Waals surface area contributed by atoms with Gasteiger partial charge in [-0.05, 0) is 36.4 Å². The summed E-state index contributed by atoms with van der Waals surface area (Å²) in [5, 5.41) is 3.68. The largest absolute Gasteiger partial charge is 0.397 e. The molecule has 1 amide bonds. The molecular weight excluding hydrogens is 370 g/mol. The lowest BCUT2D eigenvalue weighted by molar-refractivity contribution is 0.103. The standard InChI is InChI=1S/C18H12ClN5OS/c19-16-13(5-3-9-22-16)23-17(25)15-14(20)10-6-7-12(24-18(10)26-15)11-4-1-2-8-21-11/h1-9H,20H2,(H,23,25). The van der Waals surface area contributed by atoms with Crippen LogP contribution in [0.25, 0.3) is 21.6 Å². The van der Waals surface area contributed by atoms with E-state index in [1.807, 2.05) is 30.3 Å². The minimum absolute atomic E-state index is 0.219. The molecule has 4 aromatic heterocycles. The normalized spacial score (nSPS) is 10.8. The van der Waals surface area contributed by atoms with Gasteiger partial charge >= 0.3 is 0 Å². The number of hydrogen-bond donors (Lipinski definition) is 2. The summed E-state index contributed by atoms with van der Waals surface area (Å²) in [5.74, 6) is -0.347. The lowest BCUT2D eigenvalue weighted by Gasteiger charge is -2.05. The summed E-state index contributed by atoms with van der Waals surface area (Å²) in [6, 6.07) is 12.7. The molecule has 6 nitrogen and oxygen atoms in total. The van der Waals surface area contributed by atoms with Crippen molar-refractivity contribution < 1.29 is 4.79 Å². The van der Waals surface area contributed by atoms with Gasteiger partial charge in [0.1, 0.15) is 9.71 Å². The van der Waals surface area contributed by atoms with E-state index in [9.17, 15) is 4.79 Å². The van der Waals surface area contributed by atoms with Gasteiger partial charge in [-0.25, -0.2) is 9.97 Å². The van der Waals surface area contributed by atoms with Gasteiger partial charge in [-0.2, -0.15) is 0 Å². The highest BCUT2D eigenvalue weighted by Crippen LogP contribution is 2.34. The van der Waals surface area contributed by atoms with E-state index in [4.69, 9.17) is 17.3 Å². The Kier molecular flexibility index (Phi) is 4.24. The van der Waals surface area contributed by atoms with Crippen molar-refractivity contribution in [3.8, 4) is 11.4 Å². The summed E-state index contributed by atoms with van der Waals surface area (Å²) in [4.78, 5) is 26.5. The predicted octanol–water partition coefficient (Wildman–Crippen LogP) is 4.24. The Bertz CT molecular complexity index is 1110. The Balaban J connectivity index is 1.71. The molecule has 0 saturated heterocycles. The fourth-order valence-electron chi connectivity index (χ4n) is 2.48. The molecule has 4 aromatic rings. The molecule has 0 unspecified atom stereocenters. The zero-order valence-corrected chi connectivity index (χ0v) is 14.9. The van der Waals surface area contributed by atoms with Crippen molar-refractivity contribution in [3.63, 3.8) is 0 Å². The van der Waals surface area contributed by atoms with Crippen LogP contribution in [0.2, 0.25) is 5.15 Å². The second-order valence-corrected chi connectivity index (χ2v) is 6.76. The topological polar surface area (TPSA) is 93.8 Å². The molecule has 0 atom stereocenters. The number of nitrogen functional groups attached to an aromatic ring is 1. The quantitative estimate of drug-likeness (QED) is 0.517. The highest BCUT2D eigenvalue weighted by atomic mass is 35.5. The van der Waals surface area contributed by atoms with E-state index in [2.05, 4.69) is 20.3 Å². The van der Waals surface area contributed by atoms with Crippen molar-refractivity contribution in [2.24, 2.45) is 0 Å². The number of thiophene rings is 1. The lowest BCUT2D eigenvalue weighted by Crippen LogP contribution is -2.12. The second kappa shape index (κ2) is 6.70. The smallest absolute Gasteiger partial charge is 0.268 e. The van der Waals surface area contributed by atoms with Gasteiger partial charge in [0, 0.05) is 17.8 Å². The summed E-state index contributed by atoms with van der Waals surface area (Å²) in [5.41, 5.74) is 8.47. The van der Waals surface area contributed by atoms with Crippen LogP contribution >= 0.6 is 22.9 Å². The van der Waals surface area contributed by atoms with Crippen molar-refractivity contribution in [1.82, 2.24) is 15.0 Å². The first-order valence-corrected chi connectivity index (χ1v) is 8.85. The van der Waals surface area contributed by atoms with E-state index in [0.717, 1.165) is 16.8 Å². The maximum Gasteiger partial charge on any atom is 0.268 e. The third-order valence-corrected chi connectivity index (χ3v) is 5.15. The number of pyridine rings is 3. The number of nitrogens with one attached hydrogen (secondary N) is 1. The molecule has 0 fully saturated rings. The van der Waals surface area contributed by atoms with Crippen molar-refractivity contribution in [3.05, 3.63) is 64.9 Å². The molecule has 4 heterocycles. The predicted molar refractivity (Wildman–Crippen MR) is 104 cm³/mol. The number of anilines is 2. The number of nitrogens with two attached hydrogens (primary N) is 1. The van der Waals surface area contributed by atoms with Crippen LogP contribution in [-0.2, 0) is 0 Å². The minimum Gasteiger partial charge on any atom is -0.397 e. The number of carbonyl (C=O) groups is 1. The highest BCUT2D eigenvalue weighted by Gasteiger charge is 2.19. The molecule has 0 aliphatic rings. The number of rotatable bonds is 3. The van der Waals surface area contributed by atoms with Crippen molar-refractivity contribution >= 4 is 50.4 Å². The van der Waals surface area contributed by atoms with Gasteiger partial charge < -0.3 is 11.1 Å². The fraction of sp³-hybridized carbons (Fsp3) is 0. The maximum atomic E-state index is 12.6. The average Bonchev–Trinajstić information content (AvgIpc) is 3.00.